The maximum absolute atomic E-state index is 12.9. The Morgan fingerprint density at radius 2 is 1.24 bits per heavy atom. The third kappa shape index (κ3) is 12.6. The minimum Gasteiger partial charge on any atom is -0.494 e. The summed E-state index contributed by atoms with van der Waals surface area (Å²) in [5.74, 6) is 2.29. The molecule has 0 atom stereocenters. The number of carbonyl (C=O) groups is 2. The second kappa shape index (κ2) is 18.4. The fourth-order valence-corrected chi connectivity index (χ4v) is 4.28. The predicted molar refractivity (Wildman–Crippen MR) is 175 cm³/mol. The highest BCUT2D eigenvalue weighted by atomic mass is 16.7. The molecule has 0 saturated carbocycles. The fraction of sp³-hybridized carbons (Fsp3) is 0.405. The van der Waals surface area contributed by atoms with Gasteiger partial charge in [0, 0.05) is 11.6 Å². The van der Waals surface area contributed by atoms with Crippen molar-refractivity contribution in [1.29, 1.82) is 0 Å². The number of benzene rings is 3. The van der Waals surface area contributed by atoms with Gasteiger partial charge < -0.3 is 28.4 Å². The van der Waals surface area contributed by atoms with Gasteiger partial charge in [0.15, 0.2) is 0 Å². The zero-order valence-corrected chi connectivity index (χ0v) is 27.0. The van der Waals surface area contributed by atoms with Gasteiger partial charge in [-0.15, -0.1) is 0 Å². The Labute approximate surface area is 267 Å². The molecular weight excluding hydrogens is 572 g/mol. The summed E-state index contributed by atoms with van der Waals surface area (Å²) < 4.78 is 33.9. The predicted octanol–water partition coefficient (Wildman–Crippen LogP) is 8.47. The second-order valence-electron chi connectivity index (χ2n) is 11.5. The first-order chi connectivity index (χ1) is 21.7. The summed E-state index contributed by atoms with van der Waals surface area (Å²) in [6.45, 7) is 13.3. The van der Waals surface area contributed by atoms with Crippen LogP contribution in [0.15, 0.2) is 79.4 Å². The van der Waals surface area contributed by atoms with Crippen molar-refractivity contribution in [3.05, 3.63) is 90.5 Å². The lowest BCUT2D eigenvalue weighted by molar-refractivity contribution is -0.137. The Bertz CT molecular complexity index is 1340. The van der Waals surface area contributed by atoms with Crippen LogP contribution in [0.25, 0.3) is 0 Å². The lowest BCUT2D eigenvalue weighted by atomic mass is 9.86. The zero-order chi connectivity index (χ0) is 32.5. The van der Waals surface area contributed by atoms with Crippen LogP contribution < -0.4 is 23.7 Å². The van der Waals surface area contributed by atoms with Gasteiger partial charge in [-0.05, 0) is 91.4 Å². The Balaban J connectivity index is 1.48. The number of unbranched alkanes of at least 4 members (excludes halogenated alkanes) is 4. The van der Waals surface area contributed by atoms with E-state index in [1.165, 1.54) is 19.3 Å². The number of esters is 2. The zero-order valence-electron chi connectivity index (χ0n) is 27.0. The van der Waals surface area contributed by atoms with Gasteiger partial charge in [0.2, 0.25) is 6.79 Å². The van der Waals surface area contributed by atoms with Crippen molar-refractivity contribution in [3.8, 4) is 28.7 Å². The van der Waals surface area contributed by atoms with E-state index in [9.17, 15) is 9.59 Å². The van der Waals surface area contributed by atoms with E-state index in [1.807, 2.05) is 30.3 Å². The summed E-state index contributed by atoms with van der Waals surface area (Å²) in [4.78, 5) is 23.9. The first kappa shape index (κ1) is 35.0. The topological polar surface area (TPSA) is 89.5 Å². The molecule has 8 heteroatoms. The molecule has 3 rings (SSSR count). The molecule has 0 aromatic heterocycles. The first-order valence-electron chi connectivity index (χ1n) is 15.6. The minimum atomic E-state index is -0.476. The van der Waals surface area contributed by atoms with Gasteiger partial charge in [-0.2, -0.15) is 0 Å². The van der Waals surface area contributed by atoms with Crippen LogP contribution in [0, 0.1) is 0 Å². The van der Waals surface area contributed by atoms with Crippen molar-refractivity contribution >= 4 is 11.9 Å². The molecule has 0 saturated heterocycles. The molecule has 3 aromatic carbocycles. The molecule has 0 aliphatic carbocycles. The van der Waals surface area contributed by atoms with Crippen LogP contribution in [0.4, 0.5) is 0 Å². The molecule has 0 unspecified atom stereocenters. The number of rotatable bonds is 19. The molecule has 0 heterocycles. The quantitative estimate of drug-likeness (QED) is 0.0435. The number of hydrogen-bond donors (Lipinski definition) is 0. The van der Waals surface area contributed by atoms with E-state index in [1.54, 1.807) is 36.4 Å². The van der Waals surface area contributed by atoms with Crippen molar-refractivity contribution in [3.63, 3.8) is 0 Å². The van der Waals surface area contributed by atoms with Gasteiger partial charge in [0.25, 0.3) is 0 Å². The number of hydrogen-bond acceptors (Lipinski definition) is 8. The third-order valence-electron chi connectivity index (χ3n) is 6.81. The Kier molecular flexibility index (Phi) is 14.3. The molecule has 0 aliphatic heterocycles. The molecule has 0 fully saturated rings. The van der Waals surface area contributed by atoms with Crippen LogP contribution in [-0.2, 0) is 14.9 Å². The van der Waals surface area contributed by atoms with Crippen molar-refractivity contribution in [1.82, 2.24) is 0 Å². The van der Waals surface area contributed by atoms with Crippen LogP contribution in [-0.4, -0.2) is 38.6 Å². The van der Waals surface area contributed by atoms with E-state index >= 15 is 0 Å². The van der Waals surface area contributed by atoms with E-state index in [0.29, 0.717) is 54.8 Å². The number of carbonyl (C=O) groups excluding carboxylic acids is 2. The molecule has 45 heavy (non-hydrogen) atoms. The molecule has 8 nitrogen and oxygen atoms in total. The smallest absolute Gasteiger partial charge is 0.343 e. The third-order valence-corrected chi connectivity index (χ3v) is 6.81. The van der Waals surface area contributed by atoms with Gasteiger partial charge in [-0.1, -0.05) is 53.5 Å². The lowest BCUT2D eigenvalue weighted by Gasteiger charge is -2.23. The van der Waals surface area contributed by atoms with Gasteiger partial charge in [-0.25, -0.2) is 9.59 Å². The Morgan fingerprint density at radius 1 is 0.689 bits per heavy atom. The van der Waals surface area contributed by atoms with Crippen LogP contribution in [0.2, 0.25) is 0 Å². The van der Waals surface area contributed by atoms with Gasteiger partial charge in [0.1, 0.15) is 28.7 Å². The molecule has 0 aliphatic rings. The van der Waals surface area contributed by atoms with Crippen LogP contribution in [0.5, 0.6) is 28.7 Å². The summed E-state index contributed by atoms with van der Waals surface area (Å²) in [6, 6.07) is 19.6. The largest absolute Gasteiger partial charge is 0.494 e. The SMILES string of the molecule is C=CC(=O)OCCCCOc1ccc(C(=O)Oc2ccc(OCOc3ccc(OCCCCCC)cc3)c(C(C)(C)C)c2)cc1. The van der Waals surface area contributed by atoms with Crippen molar-refractivity contribution in [2.75, 3.05) is 26.6 Å². The first-order valence-corrected chi connectivity index (χ1v) is 15.6. The summed E-state index contributed by atoms with van der Waals surface area (Å²) in [5.41, 5.74) is 1.00. The average molecular weight is 619 g/mol. The van der Waals surface area contributed by atoms with E-state index in [2.05, 4.69) is 34.3 Å². The van der Waals surface area contributed by atoms with E-state index in [-0.39, 0.29) is 12.2 Å². The van der Waals surface area contributed by atoms with Gasteiger partial charge >= 0.3 is 11.9 Å². The Hall–Kier alpha value is -4.46. The summed E-state index contributed by atoms with van der Waals surface area (Å²) in [6.07, 6.45) is 7.21. The summed E-state index contributed by atoms with van der Waals surface area (Å²) in [7, 11) is 0. The Morgan fingerprint density at radius 3 is 1.84 bits per heavy atom. The van der Waals surface area contributed by atoms with Gasteiger partial charge in [0.05, 0.1) is 25.4 Å². The summed E-state index contributed by atoms with van der Waals surface area (Å²) in [5, 5.41) is 0. The molecular formula is C37H46O8. The molecule has 242 valence electrons. The van der Waals surface area contributed by atoms with Crippen LogP contribution >= 0.6 is 0 Å². The van der Waals surface area contributed by atoms with Crippen LogP contribution in [0.3, 0.4) is 0 Å². The fourth-order valence-electron chi connectivity index (χ4n) is 4.28. The molecule has 0 amide bonds. The van der Waals surface area contributed by atoms with E-state index in [4.69, 9.17) is 28.4 Å². The highest BCUT2D eigenvalue weighted by Gasteiger charge is 2.21. The maximum atomic E-state index is 12.9. The van der Waals surface area contributed by atoms with E-state index < -0.39 is 11.9 Å². The van der Waals surface area contributed by atoms with Gasteiger partial charge in [-0.3, -0.25) is 0 Å². The van der Waals surface area contributed by atoms with Crippen molar-refractivity contribution in [2.45, 2.75) is 71.6 Å². The molecule has 0 radical (unpaired) electrons. The number of ether oxygens (including phenoxy) is 6. The highest BCUT2D eigenvalue weighted by molar-refractivity contribution is 5.91. The average Bonchev–Trinajstić information content (AvgIpc) is 3.03. The van der Waals surface area contributed by atoms with Crippen molar-refractivity contribution in [2.24, 2.45) is 0 Å². The summed E-state index contributed by atoms with van der Waals surface area (Å²) >= 11 is 0. The van der Waals surface area contributed by atoms with E-state index in [0.717, 1.165) is 30.2 Å². The van der Waals surface area contributed by atoms with Crippen molar-refractivity contribution < 1.29 is 38.0 Å². The minimum absolute atomic E-state index is 0.0244. The second-order valence-corrected chi connectivity index (χ2v) is 11.5. The normalized spacial score (nSPS) is 10.9. The molecule has 0 bridgehead atoms. The standard InChI is InChI=1S/C37H46O8/c1-6-8-9-10-23-40-30-17-19-31(20-18-30)43-27-44-34-22-21-32(26-33(34)37(3,4)5)45-36(39)28-13-15-29(16-14-28)41-24-11-12-25-42-35(38)7-2/h7,13-22,26H,2,6,8-12,23-25,27H2,1,3-5H3. The van der Waals surface area contributed by atoms with Crippen LogP contribution in [0.1, 0.15) is 82.1 Å². The lowest BCUT2D eigenvalue weighted by Crippen LogP contribution is -2.16. The maximum Gasteiger partial charge on any atom is 0.343 e. The monoisotopic (exact) mass is 618 g/mol. The molecule has 0 spiro atoms. The molecule has 3 aromatic rings. The molecule has 0 N–H and O–H groups in total. The highest BCUT2D eigenvalue weighted by Crippen LogP contribution is 2.35.